The number of carbonyl (C=O) groups is 2. The van der Waals surface area contributed by atoms with Gasteiger partial charge in [0.05, 0.1) is 0 Å². The summed E-state index contributed by atoms with van der Waals surface area (Å²) in [6, 6.07) is 14.5. The Balaban J connectivity index is 1.55. The second kappa shape index (κ2) is 8.31. The van der Waals surface area contributed by atoms with Gasteiger partial charge in [0.15, 0.2) is 0 Å². The van der Waals surface area contributed by atoms with Crippen molar-refractivity contribution < 1.29 is 9.59 Å². The lowest BCUT2D eigenvalue weighted by Crippen LogP contribution is -2.39. The average molecular weight is 418 g/mol. The maximum absolute atomic E-state index is 12.5. The number of amides is 3. The summed E-state index contributed by atoms with van der Waals surface area (Å²) < 4.78 is 1.02. The molecule has 0 radical (unpaired) electrons. The molecule has 1 saturated heterocycles. The Morgan fingerprint density at radius 2 is 1.58 bits per heavy atom. The van der Waals surface area contributed by atoms with Crippen LogP contribution >= 0.6 is 15.9 Å². The van der Waals surface area contributed by atoms with Crippen molar-refractivity contribution >= 4 is 39.2 Å². The van der Waals surface area contributed by atoms with Gasteiger partial charge in [0.2, 0.25) is 5.91 Å². The zero-order valence-corrected chi connectivity index (χ0v) is 15.8. The van der Waals surface area contributed by atoms with Gasteiger partial charge in [-0.3, -0.25) is 4.79 Å². The van der Waals surface area contributed by atoms with Crippen molar-refractivity contribution in [3.8, 4) is 0 Å². The fraction of sp³-hybridized carbons (Fsp3) is 0.222. The second-order valence-electron chi connectivity index (χ2n) is 5.95. The average Bonchev–Trinajstić information content (AvgIpc) is 3.14. The summed E-state index contributed by atoms with van der Waals surface area (Å²) in [5.41, 5.74) is 8.66. The number of rotatable bonds is 4. The lowest BCUT2D eigenvalue weighted by Gasteiger charge is -2.11. The molecule has 2 unspecified atom stereocenters. The maximum atomic E-state index is 12.5. The smallest absolute Gasteiger partial charge is 0.318 e. The van der Waals surface area contributed by atoms with Crippen LogP contribution in [-0.2, 0) is 4.79 Å². The molecule has 1 aliphatic rings. The summed E-state index contributed by atoms with van der Waals surface area (Å²) in [5, 5.41) is 8.03. The van der Waals surface area contributed by atoms with Gasteiger partial charge in [0, 0.05) is 28.9 Å². The van der Waals surface area contributed by atoms with Crippen LogP contribution in [0.1, 0.15) is 18.0 Å². The molecule has 1 fully saturated rings. The molecule has 0 spiro atoms. The van der Waals surface area contributed by atoms with Gasteiger partial charge in [-0.05, 0) is 48.4 Å². The highest BCUT2D eigenvalue weighted by Gasteiger charge is 2.30. The molecule has 3 amide bonds. The van der Waals surface area contributed by atoms with Gasteiger partial charge in [-0.2, -0.15) is 0 Å². The van der Waals surface area contributed by atoms with E-state index in [9.17, 15) is 9.59 Å². The van der Waals surface area contributed by atoms with E-state index in [0.717, 1.165) is 10.0 Å². The molecule has 0 saturated carbocycles. The van der Waals surface area contributed by atoms with Crippen LogP contribution < -0.4 is 26.8 Å². The Labute approximate surface area is 160 Å². The number of hydrazine groups is 1. The third-order valence-corrected chi connectivity index (χ3v) is 4.66. The van der Waals surface area contributed by atoms with Crippen LogP contribution in [0.3, 0.4) is 0 Å². The van der Waals surface area contributed by atoms with Gasteiger partial charge in [-0.15, -0.1) is 0 Å². The number of anilines is 2. The molecule has 2 aromatic carbocycles. The Morgan fingerprint density at radius 3 is 2.19 bits per heavy atom. The van der Waals surface area contributed by atoms with Gasteiger partial charge in [0.1, 0.15) is 6.04 Å². The van der Waals surface area contributed by atoms with Crippen LogP contribution in [0.4, 0.5) is 16.2 Å². The van der Waals surface area contributed by atoms with E-state index in [-0.39, 0.29) is 24.0 Å². The van der Waals surface area contributed by atoms with Crippen molar-refractivity contribution in [1.29, 1.82) is 0 Å². The van der Waals surface area contributed by atoms with Crippen molar-refractivity contribution in [2.75, 3.05) is 17.7 Å². The van der Waals surface area contributed by atoms with Crippen LogP contribution in [0, 0.1) is 0 Å². The maximum Gasteiger partial charge on any atom is 0.318 e. The summed E-state index contributed by atoms with van der Waals surface area (Å²) >= 11 is 3.42. The first-order valence-electron chi connectivity index (χ1n) is 8.21. The third kappa shape index (κ3) is 4.60. The molecule has 1 heterocycles. The highest BCUT2D eigenvalue weighted by molar-refractivity contribution is 9.10. The van der Waals surface area contributed by atoms with Crippen molar-refractivity contribution in [3.05, 3.63) is 58.6 Å². The van der Waals surface area contributed by atoms with Crippen molar-refractivity contribution in [2.45, 2.75) is 18.5 Å². The molecule has 2 aromatic rings. The van der Waals surface area contributed by atoms with Crippen molar-refractivity contribution in [1.82, 2.24) is 16.2 Å². The quantitative estimate of drug-likeness (QED) is 0.528. The molecule has 1 aliphatic heterocycles. The number of halogens is 1. The van der Waals surface area contributed by atoms with Gasteiger partial charge >= 0.3 is 6.03 Å². The standard InChI is InChI=1S/C18H20BrN5O2/c1-20-18(26)22-14-8-6-13(7-9-14)21-17(25)16-10-15(23-24-16)11-2-4-12(19)5-3-11/h2-9,15-16,23-24H,10H2,1H3,(H,21,25)(H2,20,22,26). The normalized spacial score (nSPS) is 19.0. The van der Waals surface area contributed by atoms with Crippen LogP contribution in [-0.4, -0.2) is 25.0 Å². The van der Waals surface area contributed by atoms with Gasteiger partial charge < -0.3 is 16.0 Å². The van der Waals surface area contributed by atoms with E-state index in [1.54, 1.807) is 31.3 Å². The Morgan fingerprint density at radius 1 is 0.962 bits per heavy atom. The van der Waals surface area contributed by atoms with E-state index in [0.29, 0.717) is 17.8 Å². The van der Waals surface area contributed by atoms with E-state index in [1.807, 2.05) is 24.3 Å². The largest absolute Gasteiger partial charge is 0.341 e. The molecule has 0 aromatic heterocycles. The van der Waals surface area contributed by atoms with E-state index in [2.05, 4.69) is 42.7 Å². The number of benzene rings is 2. The molecule has 3 rings (SSSR count). The molecular weight excluding hydrogens is 398 g/mol. The summed E-state index contributed by atoms with van der Waals surface area (Å²) in [4.78, 5) is 23.7. The van der Waals surface area contributed by atoms with E-state index in [1.165, 1.54) is 0 Å². The SMILES string of the molecule is CNC(=O)Nc1ccc(NC(=O)C2CC(c3ccc(Br)cc3)NN2)cc1. The minimum Gasteiger partial charge on any atom is -0.341 e. The first kappa shape index (κ1) is 18.4. The summed E-state index contributed by atoms with van der Waals surface area (Å²) in [5.74, 6) is -0.107. The predicted molar refractivity (Wildman–Crippen MR) is 105 cm³/mol. The Hall–Kier alpha value is -2.42. The molecule has 7 nitrogen and oxygen atoms in total. The third-order valence-electron chi connectivity index (χ3n) is 4.13. The van der Waals surface area contributed by atoms with E-state index >= 15 is 0 Å². The Kier molecular flexibility index (Phi) is 5.87. The first-order chi connectivity index (χ1) is 12.5. The first-order valence-corrected chi connectivity index (χ1v) is 9.00. The van der Waals surface area contributed by atoms with Gasteiger partial charge in [-0.25, -0.2) is 15.6 Å². The molecule has 0 aliphatic carbocycles. The second-order valence-corrected chi connectivity index (χ2v) is 6.87. The molecule has 8 heteroatoms. The van der Waals surface area contributed by atoms with E-state index < -0.39 is 0 Å². The summed E-state index contributed by atoms with van der Waals surface area (Å²) in [7, 11) is 1.55. The molecule has 2 atom stereocenters. The lowest BCUT2D eigenvalue weighted by molar-refractivity contribution is -0.117. The van der Waals surface area contributed by atoms with Crippen LogP contribution in [0.5, 0.6) is 0 Å². The monoisotopic (exact) mass is 417 g/mol. The fourth-order valence-corrected chi connectivity index (χ4v) is 2.97. The van der Waals surface area contributed by atoms with Crippen LogP contribution in [0.15, 0.2) is 53.0 Å². The lowest BCUT2D eigenvalue weighted by atomic mass is 10.0. The molecule has 0 bridgehead atoms. The highest BCUT2D eigenvalue weighted by Crippen LogP contribution is 2.24. The number of nitrogens with one attached hydrogen (secondary N) is 5. The number of hydrogen-bond acceptors (Lipinski definition) is 4. The van der Waals surface area contributed by atoms with Crippen LogP contribution in [0.2, 0.25) is 0 Å². The van der Waals surface area contributed by atoms with Crippen molar-refractivity contribution in [2.24, 2.45) is 0 Å². The summed E-state index contributed by atoms with van der Waals surface area (Å²) in [6.45, 7) is 0. The zero-order chi connectivity index (χ0) is 18.5. The molecule has 5 N–H and O–H groups in total. The van der Waals surface area contributed by atoms with Crippen LogP contribution in [0.25, 0.3) is 0 Å². The number of urea groups is 1. The number of carbonyl (C=O) groups excluding carboxylic acids is 2. The molecule has 26 heavy (non-hydrogen) atoms. The number of hydrogen-bond donors (Lipinski definition) is 5. The molecule has 136 valence electrons. The van der Waals surface area contributed by atoms with Gasteiger partial charge in [0.25, 0.3) is 0 Å². The zero-order valence-electron chi connectivity index (χ0n) is 14.2. The topological polar surface area (TPSA) is 94.3 Å². The van der Waals surface area contributed by atoms with Crippen molar-refractivity contribution in [3.63, 3.8) is 0 Å². The fourth-order valence-electron chi connectivity index (χ4n) is 2.70. The molecular formula is C18H20BrN5O2. The minimum atomic E-state index is -0.327. The van der Waals surface area contributed by atoms with E-state index in [4.69, 9.17) is 0 Å². The minimum absolute atomic E-state index is 0.0815. The predicted octanol–water partition coefficient (Wildman–Crippen LogP) is 2.75. The highest BCUT2D eigenvalue weighted by atomic mass is 79.9. The Bertz CT molecular complexity index is 779. The summed E-state index contributed by atoms with van der Waals surface area (Å²) in [6.07, 6.45) is 0.657. The van der Waals surface area contributed by atoms with Gasteiger partial charge in [-0.1, -0.05) is 28.1 Å².